The molecule has 0 bridgehead atoms. The van der Waals surface area contributed by atoms with E-state index in [0.29, 0.717) is 28.9 Å². The van der Waals surface area contributed by atoms with E-state index < -0.39 is 39.3 Å². The van der Waals surface area contributed by atoms with Gasteiger partial charge in [-0.15, -0.1) is 0 Å². The maximum absolute atomic E-state index is 14.6. The number of benzene rings is 1. The average Bonchev–Trinajstić information content (AvgIpc) is 2.89. The zero-order valence-corrected chi connectivity index (χ0v) is 15.1. The fourth-order valence-corrected chi connectivity index (χ4v) is 5.07. The number of rotatable bonds is 2. The SMILES string of the molecule is CNC(=O)N1C(=O)CC(c2ccc(C3CCS(=N)(=O)CC3)c(F)c2)C1=O. The number of carbonyl (C=O) groups is 3. The second-order valence-electron chi connectivity index (χ2n) is 6.65. The minimum atomic E-state index is -2.54. The van der Waals surface area contributed by atoms with Crippen molar-refractivity contribution in [1.82, 2.24) is 10.2 Å². The van der Waals surface area contributed by atoms with Crippen LogP contribution in [0.4, 0.5) is 9.18 Å². The molecule has 9 heteroatoms. The van der Waals surface area contributed by atoms with E-state index in [1.54, 1.807) is 12.1 Å². The Hall–Kier alpha value is -2.29. The van der Waals surface area contributed by atoms with Crippen LogP contribution in [0.2, 0.25) is 0 Å². The molecule has 2 aliphatic heterocycles. The number of urea groups is 1. The summed E-state index contributed by atoms with van der Waals surface area (Å²) in [6.45, 7) is 0. The summed E-state index contributed by atoms with van der Waals surface area (Å²) in [5, 5.41) is 2.24. The molecule has 26 heavy (non-hydrogen) atoms. The molecule has 0 saturated carbocycles. The van der Waals surface area contributed by atoms with Gasteiger partial charge in [-0.25, -0.2) is 13.4 Å². The molecule has 0 radical (unpaired) electrons. The predicted octanol–water partition coefficient (Wildman–Crippen LogP) is 1.93. The van der Waals surface area contributed by atoms with Gasteiger partial charge in [-0.2, -0.15) is 4.90 Å². The van der Waals surface area contributed by atoms with Crippen molar-refractivity contribution < 1.29 is 23.0 Å². The van der Waals surface area contributed by atoms with Gasteiger partial charge in [0.05, 0.1) is 5.92 Å². The van der Waals surface area contributed by atoms with E-state index in [4.69, 9.17) is 4.78 Å². The Morgan fingerprint density at radius 2 is 1.96 bits per heavy atom. The van der Waals surface area contributed by atoms with Gasteiger partial charge >= 0.3 is 6.03 Å². The summed E-state index contributed by atoms with van der Waals surface area (Å²) in [4.78, 5) is 36.5. The molecule has 1 unspecified atom stereocenters. The number of amides is 4. The first-order valence-corrected chi connectivity index (χ1v) is 10.2. The molecule has 4 amide bonds. The lowest BCUT2D eigenvalue weighted by molar-refractivity contribution is -0.134. The number of halogens is 1. The van der Waals surface area contributed by atoms with Crippen LogP contribution in [0.15, 0.2) is 18.2 Å². The maximum atomic E-state index is 14.6. The molecule has 1 atom stereocenters. The van der Waals surface area contributed by atoms with Crippen LogP contribution in [0.25, 0.3) is 0 Å². The number of hydrogen-bond acceptors (Lipinski definition) is 5. The second kappa shape index (κ2) is 6.79. The molecule has 2 heterocycles. The van der Waals surface area contributed by atoms with E-state index in [2.05, 4.69) is 5.32 Å². The van der Waals surface area contributed by atoms with Crippen molar-refractivity contribution in [3.05, 3.63) is 35.1 Å². The number of carbonyl (C=O) groups excluding carboxylic acids is 3. The smallest absolute Gasteiger partial charge is 0.330 e. The molecule has 0 aromatic heterocycles. The molecule has 3 rings (SSSR count). The molecule has 2 N–H and O–H groups in total. The van der Waals surface area contributed by atoms with Crippen LogP contribution in [0.5, 0.6) is 0 Å². The van der Waals surface area contributed by atoms with Crippen molar-refractivity contribution in [2.75, 3.05) is 18.6 Å². The zero-order valence-electron chi connectivity index (χ0n) is 14.3. The quantitative estimate of drug-likeness (QED) is 0.763. The first-order valence-electron chi connectivity index (χ1n) is 8.35. The molecule has 2 saturated heterocycles. The van der Waals surface area contributed by atoms with E-state index >= 15 is 0 Å². The minimum absolute atomic E-state index is 0.104. The molecule has 0 aliphatic carbocycles. The van der Waals surface area contributed by atoms with Crippen LogP contribution in [-0.2, 0) is 19.3 Å². The van der Waals surface area contributed by atoms with Crippen LogP contribution >= 0.6 is 0 Å². The van der Waals surface area contributed by atoms with Crippen LogP contribution in [0.3, 0.4) is 0 Å². The van der Waals surface area contributed by atoms with E-state index in [-0.39, 0.29) is 23.8 Å². The maximum Gasteiger partial charge on any atom is 0.330 e. The average molecular weight is 381 g/mol. The Kier molecular flexibility index (Phi) is 4.83. The molecule has 1 aromatic rings. The summed E-state index contributed by atoms with van der Waals surface area (Å²) >= 11 is 0. The third-order valence-electron chi connectivity index (χ3n) is 5.02. The van der Waals surface area contributed by atoms with Gasteiger partial charge in [-0.05, 0) is 36.0 Å². The van der Waals surface area contributed by atoms with Crippen molar-refractivity contribution in [3.63, 3.8) is 0 Å². The number of hydrogen-bond donors (Lipinski definition) is 2. The third-order valence-corrected chi connectivity index (χ3v) is 6.81. The fraction of sp³-hybridized carbons (Fsp3) is 0.471. The highest BCUT2D eigenvalue weighted by Crippen LogP contribution is 2.35. The van der Waals surface area contributed by atoms with E-state index in [9.17, 15) is 23.0 Å². The molecule has 2 aliphatic rings. The highest BCUT2D eigenvalue weighted by atomic mass is 32.2. The second-order valence-corrected chi connectivity index (χ2v) is 9.09. The van der Waals surface area contributed by atoms with Crippen molar-refractivity contribution in [1.29, 1.82) is 4.78 Å². The van der Waals surface area contributed by atoms with Crippen molar-refractivity contribution >= 4 is 27.6 Å². The summed E-state index contributed by atoms with van der Waals surface area (Å²) in [5.41, 5.74) is 0.833. The van der Waals surface area contributed by atoms with Gasteiger partial charge in [0.1, 0.15) is 5.82 Å². The highest BCUT2D eigenvalue weighted by molar-refractivity contribution is 7.92. The molecular weight excluding hydrogens is 361 g/mol. The molecule has 2 fully saturated rings. The molecule has 7 nitrogen and oxygen atoms in total. The van der Waals surface area contributed by atoms with Gasteiger partial charge < -0.3 is 5.32 Å². The Balaban J connectivity index is 1.81. The number of imide groups is 3. The minimum Gasteiger partial charge on any atom is -0.340 e. The monoisotopic (exact) mass is 381 g/mol. The highest BCUT2D eigenvalue weighted by Gasteiger charge is 2.43. The predicted molar refractivity (Wildman–Crippen MR) is 92.6 cm³/mol. The van der Waals surface area contributed by atoms with Gasteiger partial charge in [0.15, 0.2) is 0 Å². The molecule has 0 spiro atoms. The summed E-state index contributed by atoms with van der Waals surface area (Å²) in [6, 6.07) is 3.65. The van der Waals surface area contributed by atoms with Crippen LogP contribution in [0.1, 0.15) is 42.2 Å². The largest absolute Gasteiger partial charge is 0.340 e. The molecule has 140 valence electrons. The Bertz CT molecular complexity index is 870. The van der Waals surface area contributed by atoms with E-state index in [1.807, 2.05) is 0 Å². The number of nitrogens with one attached hydrogen (secondary N) is 2. The Labute approximate surface area is 150 Å². The third kappa shape index (κ3) is 3.35. The van der Waals surface area contributed by atoms with Gasteiger partial charge in [0.2, 0.25) is 11.8 Å². The van der Waals surface area contributed by atoms with E-state index in [0.717, 1.165) is 0 Å². The number of likely N-dealkylation sites (tertiary alicyclic amines) is 1. The molecular formula is C17H20FN3O4S. The lowest BCUT2D eigenvalue weighted by Gasteiger charge is -2.24. The lowest BCUT2D eigenvalue weighted by atomic mass is 9.89. The van der Waals surface area contributed by atoms with Gasteiger partial charge in [0.25, 0.3) is 0 Å². The van der Waals surface area contributed by atoms with Crippen LogP contribution in [-0.4, -0.2) is 45.5 Å². The van der Waals surface area contributed by atoms with Gasteiger partial charge in [-0.3, -0.25) is 14.4 Å². The normalized spacial score (nSPS) is 29.1. The lowest BCUT2D eigenvalue weighted by Crippen LogP contribution is -2.42. The van der Waals surface area contributed by atoms with Crippen LogP contribution in [0, 0.1) is 10.6 Å². The van der Waals surface area contributed by atoms with E-state index in [1.165, 1.54) is 13.1 Å². The summed E-state index contributed by atoms with van der Waals surface area (Å²) < 4.78 is 34.0. The zero-order chi connectivity index (χ0) is 19.1. The molecule has 1 aromatic carbocycles. The Morgan fingerprint density at radius 1 is 1.31 bits per heavy atom. The first-order chi connectivity index (χ1) is 12.2. The summed E-state index contributed by atoms with van der Waals surface area (Å²) in [7, 11) is -1.21. The summed E-state index contributed by atoms with van der Waals surface area (Å²) in [6.07, 6.45) is 0.809. The van der Waals surface area contributed by atoms with Gasteiger partial charge in [0, 0.05) is 34.7 Å². The van der Waals surface area contributed by atoms with Crippen molar-refractivity contribution in [2.24, 2.45) is 0 Å². The first kappa shape index (κ1) is 18.5. The topological polar surface area (TPSA) is 107 Å². The van der Waals surface area contributed by atoms with Crippen molar-refractivity contribution in [3.8, 4) is 0 Å². The van der Waals surface area contributed by atoms with Crippen LogP contribution < -0.4 is 5.32 Å². The summed E-state index contributed by atoms with van der Waals surface area (Å²) in [5.74, 6) is -2.21. The Morgan fingerprint density at radius 3 is 2.54 bits per heavy atom. The number of nitrogens with zero attached hydrogens (tertiary/aromatic N) is 1. The van der Waals surface area contributed by atoms with Crippen molar-refractivity contribution in [2.45, 2.75) is 31.1 Å². The van der Waals surface area contributed by atoms with Gasteiger partial charge in [-0.1, -0.05) is 12.1 Å². The standard InChI is InChI=1S/C17H20FN3O4S/c1-20-17(24)21-15(22)9-13(16(21)23)11-2-3-12(14(18)8-11)10-4-6-26(19,25)7-5-10/h2-3,8,10,13,19H,4-7,9H2,1H3,(H,20,24). The fourth-order valence-electron chi connectivity index (χ4n) is 3.53.